The molecule has 0 saturated heterocycles. The number of ether oxygens (including phenoxy) is 1. The number of para-hydroxylation sites is 1. The van der Waals surface area contributed by atoms with Crippen LogP contribution in [-0.4, -0.2) is 17.0 Å². The Bertz CT molecular complexity index is 1190. The highest BCUT2D eigenvalue weighted by Crippen LogP contribution is 2.48. The first-order chi connectivity index (χ1) is 13.1. The van der Waals surface area contributed by atoms with Crippen LogP contribution in [0.1, 0.15) is 0 Å². The molecule has 0 spiro atoms. The number of pyridine rings is 1. The molecule has 2 aromatic carbocycles. The summed E-state index contributed by atoms with van der Waals surface area (Å²) in [6.45, 7) is -0.991. The Morgan fingerprint density at radius 1 is 1.07 bits per heavy atom. The van der Waals surface area contributed by atoms with E-state index in [1.807, 2.05) is 6.07 Å². The zero-order valence-corrected chi connectivity index (χ0v) is 15.4. The molecule has 0 radical (unpaired) electrons. The first kappa shape index (κ1) is 17.6. The van der Waals surface area contributed by atoms with Crippen LogP contribution in [0.4, 0.5) is 4.39 Å². The minimum absolute atomic E-state index is 0.155. The summed E-state index contributed by atoms with van der Waals surface area (Å²) in [5.74, 6) is 0.126. The highest BCUT2D eigenvalue weighted by molar-refractivity contribution is 7.23. The van der Waals surface area contributed by atoms with Gasteiger partial charge in [-0.05, 0) is 11.6 Å². The maximum atomic E-state index is 12.8. The summed E-state index contributed by atoms with van der Waals surface area (Å²) in [5, 5.41) is 11.4. The number of rotatable bonds is 4. The third kappa shape index (κ3) is 2.97. The van der Waals surface area contributed by atoms with Crippen molar-refractivity contribution in [3.63, 3.8) is 0 Å². The van der Waals surface area contributed by atoms with Crippen LogP contribution in [0.15, 0.2) is 59.4 Å². The summed E-state index contributed by atoms with van der Waals surface area (Å²) < 4.78 is 18.2. The number of nitrogens with one attached hydrogen (secondary N) is 1. The van der Waals surface area contributed by atoms with Gasteiger partial charge in [0.15, 0.2) is 0 Å². The second-order valence-corrected chi connectivity index (χ2v) is 7.37. The zero-order valence-electron chi connectivity index (χ0n) is 13.8. The molecule has 4 nitrogen and oxygen atoms in total. The van der Waals surface area contributed by atoms with Gasteiger partial charge in [-0.2, -0.15) is 0 Å². The Kier molecular flexibility index (Phi) is 4.59. The van der Waals surface area contributed by atoms with Crippen LogP contribution >= 0.6 is 22.9 Å². The lowest BCUT2D eigenvalue weighted by Gasteiger charge is -2.11. The largest absolute Gasteiger partial charge is 0.506 e. The van der Waals surface area contributed by atoms with E-state index >= 15 is 0 Å². The number of H-pyrrole nitrogens is 1. The first-order valence-corrected chi connectivity index (χ1v) is 9.22. The van der Waals surface area contributed by atoms with E-state index < -0.39 is 12.4 Å². The molecule has 27 heavy (non-hydrogen) atoms. The number of hydrogen-bond acceptors (Lipinski definition) is 4. The number of aromatic nitrogens is 1. The van der Waals surface area contributed by atoms with E-state index in [2.05, 4.69) is 4.98 Å². The molecule has 0 unspecified atom stereocenters. The summed E-state index contributed by atoms with van der Waals surface area (Å²) in [6, 6.07) is 15.7. The van der Waals surface area contributed by atoms with E-state index in [0.717, 1.165) is 11.3 Å². The molecule has 4 rings (SSSR count). The summed E-state index contributed by atoms with van der Waals surface area (Å²) in [7, 11) is 0. The van der Waals surface area contributed by atoms with Crippen molar-refractivity contribution in [3.05, 3.63) is 69.3 Å². The molecule has 0 aliphatic heterocycles. The number of hydrogen-bond donors (Lipinski definition) is 2. The Morgan fingerprint density at radius 2 is 1.78 bits per heavy atom. The zero-order chi connectivity index (χ0) is 19.0. The monoisotopic (exact) mass is 401 g/mol. The average Bonchev–Trinajstić information content (AvgIpc) is 2.99. The van der Waals surface area contributed by atoms with Crippen LogP contribution in [-0.2, 0) is 0 Å². The quantitative estimate of drug-likeness (QED) is 0.468. The summed E-state index contributed by atoms with van der Waals surface area (Å²) in [5.41, 5.74) is 1.35. The Hall–Kier alpha value is -2.83. The van der Waals surface area contributed by atoms with Gasteiger partial charge < -0.3 is 14.8 Å². The van der Waals surface area contributed by atoms with Crippen molar-refractivity contribution in [2.45, 2.75) is 0 Å². The van der Waals surface area contributed by atoms with Gasteiger partial charge in [0, 0.05) is 11.1 Å². The third-order valence-electron chi connectivity index (χ3n) is 4.22. The first-order valence-electron chi connectivity index (χ1n) is 8.02. The third-order valence-corrected chi connectivity index (χ3v) is 5.54. The van der Waals surface area contributed by atoms with E-state index in [1.54, 1.807) is 48.5 Å². The lowest BCUT2D eigenvalue weighted by molar-refractivity contribution is 0.192. The van der Waals surface area contributed by atoms with Crippen molar-refractivity contribution < 1.29 is 14.2 Å². The lowest BCUT2D eigenvalue weighted by atomic mass is 10.00. The summed E-state index contributed by atoms with van der Waals surface area (Å²) >= 11 is 7.57. The maximum Gasteiger partial charge on any atom is 0.260 e. The van der Waals surface area contributed by atoms with Gasteiger partial charge in [0.05, 0.1) is 10.9 Å². The molecule has 2 aromatic heterocycles. The molecular formula is C20H13ClFNO3S. The molecular weight excluding hydrogens is 389 g/mol. The Balaban J connectivity index is 2.07. The molecule has 7 heteroatoms. The van der Waals surface area contributed by atoms with Gasteiger partial charge in [-0.1, -0.05) is 60.1 Å². The van der Waals surface area contributed by atoms with E-state index in [-0.39, 0.29) is 11.3 Å². The Labute approximate surface area is 162 Å². The van der Waals surface area contributed by atoms with Crippen molar-refractivity contribution >= 4 is 33.2 Å². The van der Waals surface area contributed by atoms with Crippen LogP contribution in [0, 0.1) is 0 Å². The topological polar surface area (TPSA) is 62.3 Å². The van der Waals surface area contributed by atoms with Gasteiger partial charge in [-0.3, -0.25) is 4.79 Å². The second-order valence-electron chi connectivity index (χ2n) is 5.75. The molecule has 2 heterocycles. The van der Waals surface area contributed by atoms with Gasteiger partial charge in [0.25, 0.3) is 5.56 Å². The van der Waals surface area contributed by atoms with Gasteiger partial charge in [-0.15, -0.1) is 11.3 Å². The molecule has 2 N–H and O–H groups in total. The van der Waals surface area contributed by atoms with Crippen LogP contribution in [0.5, 0.6) is 11.5 Å². The van der Waals surface area contributed by atoms with Crippen molar-refractivity contribution in [1.29, 1.82) is 0 Å². The van der Waals surface area contributed by atoms with E-state index in [1.165, 1.54) is 0 Å². The summed E-state index contributed by atoms with van der Waals surface area (Å²) in [4.78, 5) is 15.8. The van der Waals surface area contributed by atoms with Crippen molar-refractivity contribution in [3.8, 4) is 33.8 Å². The number of aromatic hydroxyl groups is 1. The van der Waals surface area contributed by atoms with Gasteiger partial charge in [-0.25, -0.2) is 4.39 Å². The lowest BCUT2D eigenvalue weighted by Crippen LogP contribution is -2.08. The average molecular weight is 402 g/mol. The molecule has 136 valence electrons. The molecule has 0 atom stereocenters. The highest BCUT2D eigenvalue weighted by atomic mass is 35.5. The fourth-order valence-corrected chi connectivity index (χ4v) is 4.45. The van der Waals surface area contributed by atoms with E-state index in [4.69, 9.17) is 16.3 Å². The van der Waals surface area contributed by atoms with Crippen molar-refractivity contribution in [2.75, 3.05) is 6.86 Å². The molecule has 0 bridgehead atoms. The molecule has 0 fully saturated rings. The van der Waals surface area contributed by atoms with Gasteiger partial charge >= 0.3 is 0 Å². The highest BCUT2D eigenvalue weighted by Gasteiger charge is 2.23. The van der Waals surface area contributed by atoms with E-state index in [9.17, 15) is 14.3 Å². The number of halogens is 2. The second kappa shape index (κ2) is 7.06. The molecule has 0 saturated carbocycles. The van der Waals surface area contributed by atoms with Gasteiger partial charge in [0.2, 0.25) is 6.86 Å². The molecule has 0 amide bonds. The Morgan fingerprint density at radius 3 is 2.52 bits per heavy atom. The smallest absolute Gasteiger partial charge is 0.260 e. The SMILES string of the molecule is O=c1[nH]c2sc(Cl)c(-c3ccccc3OCF)c2c(O)c1-c1ccccc1. The molecule has 0 aliphatic rings. The molecule has 4 aromatic rings. The number of fused-ring (bicyclic) bond motifs is 1. The van der Waals surface area contributed by atoms with Crippen molar-refractivity contribution in [1.82, 2.24) is 4.98 Å². The minimum Gasteiger partial charge on any atom is -0.506 e. The maximum absolute atomic E-state index is 12.8. The summed E-state index contributed by atoms with van der Waals surface area (Å²) in [6.07, 6.45) is 0. The van der Waals surface area contributed by atoms with Gasteiger partial charge in [0.1, 0.15) is 20.7 Å². The normalized spacial score (nSPS) is 11.0. The fourth-order valence-electron chi connectivity index (χ4n) is 3.09. The minimum atomic E-state index is -0.991. The van der Waals surface area contributed by atoms with Crippen LogP contribution in [0.3, 0.4) is 0 Å². The van der Waals surface area contributed by atoms with E-state index in [0.29, 0.717) is 37.0 Å². The fraction of sp³-hybridized carbons (Fsp3) is 0.0500. The number of benzene rings is 2. The standard InChI is InChI=1S/C20H13ClFNO3S/c21-18-15(12-8-4-5-9-13(12)26-10-22)16-17(24)14(11-6-2-1-3-7-11)19(25)23-20(16)27-18/h1-9H,10H2,(H2,23,24,25). The number of alkyl halides is 1. The van der Waals surface area contributed by atoms with Crippen LogP contribution < -0.4 is 10.3 Å². The van der Waals surface area contributed by atoms with Crippen molar-refractivity contribution in [2.24, 2.45) is 0 Å². The predicted octanol–water partition coefficient (Wildman–Crippen LogP) is 5.59. The molecule has 0 aliphatic carbocycles. The van der Waals surface area contributed by atoms with Crippen LogP contribution in [0.25, 0.3) is 32.5 Å². The number of thiophene rings is 1. The number of aromatic amines is 1. The van der Waals surface area contributed by atoms with Crippen LogP contribution in [0.2, 0.25) is 4.34 Å². The predicted molar refractivity (Wildman–Crippen MR) is 107 cm³/mol.